The van der Waals surface area contributed by atoms with E-state index >= 15 is 0 Å². The SMILES string of the molecule is CCN(CC)S(=O)(=O)c1ccc(C(=O)N2CC[S@](=O)CC[C@H]2C)cc1. The van der Waals surface area contributed by atoms with Crippen molar-refractivity contribution in [1.82, 2.24) is 9.21 Å². The fourth-order valence-corrected chi connectivity index (χ4v) is 5.60. The van der Waals surface area contributed by atoms with Gasteiger partial charge in [-0.05, 0) is 37.6 Å². The fourth-order valence-electron chi connectivity index (χ4n) is 2.93. The normalized spacial score (nSPS) is 22.0. The van der Waals surface area contributed by atoms with Gasteiger partial charge < -0.3 is 4.90 Å². The largest absolute Gasteiger partial charge is 0.335 e. The number of sulfonamides is 1. The van der Waals surface area contributed by atoms with Gasteiger partial charge in [0.15, 0.2) is 0 Å². The van der Waals surface area contributed by atoms with Crippen molar-refractivity contribution in [3.63, 3.8) is 0 Å². The van der Waals surface area contributed by atoms with Crippen molar-refractivity contribution in [2.75, 3.05) is 31.1 Å². The van der Waals surface area contributed by atoms with Crippen LogP contribution in [0.1, 0.15) is 37.6 Å². The Hall–Kier alpha value is -1.25. The Bertz CT molecular complexity index is 728. The molecule has 25 heavy (non-hydrogen) atoms. The predicted molar refractivity (Wildman–Crippen MR) is 99.5 cm³/mol. The summed E-state index contributed by atoms with van der Waals surface area (Å²) in [7, 11) is -4.40. The van der Waals surface area contributed by atoms with E-state index in [-0.39, 0.29) is 16.8 Å². The summed E-state index contributed by atoms with van der Waals surface area (Å²) in [5.74, 6) is 0.967. The molecule has 1 aliphatic rings. The maximum absolute atomic E-state index is 12.7. The number of carbonyl (C=O) groups is 1. The first kappa shape index (κ1) is 20.1. The van der Waals surface area contributed by atoms with Crippen molar-refractivity contribution in [1.29, 1.82) is 0 Å². The molecule has 1 saturated heterocycles. The predicted octanol–water partition coefficient (Wildman–Crippen LogP) is 1.70. The maximum Gasteiger partial charge on any atom is 0.254 e. The van der Waals surface area contributed by atoms with Crippen LogP contribution in [0.4, 0.5) is 0 Å². The van der Waals surface area contributed by atoms with Gasteiger partial charge in [0.05, 0.1) is 4.90 Å². The fraction of sp³-hybridized carbons (Fsp3) is 0.588. The quantitative estimate of drug-likeness (QED) is 0.772. The van der Waals surface area contributed by atoms with Crippen LogP contribution in [0.25, 0.3) is 0 Å². The van der Waals surface area contributed by atoms with E-state index in [1.807, 2.05) is 6.92 Å². The van der Waals surface area contributed by atoms with Crippen LogP contribution in [0.5, 0.6) is 0 Å². The zero-order valence-corrected chi connectivity index (χ0v) is 16.6. The number of hydrogen-bond donors (Lipinski definition) is 0. The number of nitrogens with zero attached hydrogens (tertiary/aromatic N) is 2. The molecule has 0 aromatic heterocycles. The first-order valence-corrected chi connectivity index (χ1v) is 11.5. The lowest BCUT2D eigenvalue weighted by atomic mass is 10.1. The summed E-state index contributed by atoms with van der Waals surface area (Å²) in [6.07, 6.45) is 0.715. The van der Waals surface area contributed by atoms with Crippen LogP contribution in [-0.4, -0.2) is 64.9 Å². The second-order valence-corrected chi connectivity index (χ2v) is 9.73. The molecule has 1 aromatic rings. The number of benzene rings is 1. The lowest BCUT2D eigenvalue weighted by molar-refractivity contribution is 0.0706. The molecule has 140 valence electrons. The van der Waals surface area contributed by atoms with Crippen molar-refractivity contribution in [2.45, 2.75) is 38.1 Å². The molecule has 1 fully saturated rings. The van der Waals surface area contributed by atoms with Gasteiger partial charge in [-0.25, -0.2) is 8.42 Å². The van der Waals surface area contributed by atoms with Crippen LogP contribution in [0.2, 0.25) is 0 Å². The summed E-state index contributed by atoms with van der Waals surface area (Å²) >= 11 is 0. The molecule has 0 aliphatic carbocycles. The van der Waals surface area contributed by atoms with Gasteiger partial charge in [0, 0.05) is 53.5 Å². The first-order valence-electron chi connectivity index (χ1n) is 8.57. The van der Waals surface area contributed by atoms with Gasteiger partial charge in [0.2, 0.25) is 10.0 Å². The molecule has 0 N–H and O–H groups in total. The van der Waals surface area contributed by atoms with E-state index in [9.17, 15) is 17.4 Å². The number of rotatable bonds is 5. The third-order valence-electron chi connectivity index (χ3n) is 4.56. The average Bonchev–Trinajstić information content (AvgIpc) is 2.76. The van der Waals surface area contributed by atoms with Gasteiger partial charge in [0.1, 0.15) is 0 Å². The van der Waals surface area contributed by atoms with Gasteiger partial charge in [0.25, 0.3) is 5.91 Å². The molecule has 0 spiro atoms. The number of carbonyl (C=O) groups excluding carboxylic acids is 1. The average molecular weight is 387 g/mol. The molecule has 0 bridgehead atoms. The topological polar surface area (TPSA) is 74.8 Å². The minimum absolute atomic E-state index is 0.0260. The van der Waals surface area contributed by atoms with Crippen molar-refractivity contribution < 1.29 is 17.4 Å². The minimum Gasteiger partial charge on any atom is -0.335 e. The molecule has 6 nitrogen and oxygen atoms in total. The summed E-state index contributed by atoms with van der Waals surface area (Å²) in [4.78, 5) is 14.7. The highest BCUT2D eigenvalue weighted by Gasteiger charge is 2.26. The van der Waals surface area contributed by atoms with E-state index in [4.69, 9.17) is 0 Å². The summed E-state index contributed by atoms with van der Waals surface area (Å²) in [6, 6.07) is 6.13. The van der Waals surface area contributed by atoms with Gasteiger partial charge in [-0.3, -0.25) is 9.00 Å². The maximum atomic E-state index is 12.7. The third kappa shape index (κ3) is 4.48. The Morgan fingerprint density at radius 2 is 1.80 bits per heavy atom. The molecule has 8 heteroatoms. The highest BCUT2D eigenvalue weighted by Crippen LogP contribution is 2.19. The first-order chi connectivity index (χ1) is 11.8. The summed E-state index contributed by atoms with van der Waals surface area (Å²) in [5.41, 5.74) is 0.457. The molecular weight excluding hydrogens is 360 g/mol. The van der Waals surface area contributed by atoms with Gasteiger partial charge in [-0.2, -0.15) is 4.31 Å². The second kappa shape index (κ2) is 8.42. The van der Waals surface area contributed by atoms with Crippen molar-refractivity contribution in [3.05, 3.63) is 29.8 Å². The van der Waals surface area contributed by atoms with Crippen LogP contribution in [0, 0.1) is 0 Å². The van der Waals surface area contributed by atoms with Gasteiger partial charge in [-0.1, -0.05) is 13.8 Å². The molecular formula is C17H26N2O4S2. The number of hydrogen-bond acceptors (Lipinski definition) is 4. The van der Waals surface area contributed by atoms with Crippen LogP contribution in [-0.2, 0) is 20.8 Å². The van der Waals surface area contributed by atoms with E-state index in [1.54, 1.807) is 30.9 Å². The highest BCUT2D eigenvalue weighted by molar-refractivity contribution is 7.89. The minimum atomic E-state index is -3.52. The zero-order valence-electron chi connectivity index (χ0n) is 15.0. The van der Waals surface area contributed by atoms with Crippen LogP contribution < -0.4 is 0 Å². The van der Waals surface area contributed by atoms with E-state index in [0.29, 0.717) is 43.1 Å². The summed E-state index contributed by atoms with van der Waals surface area (Å²) in [5, 5.41) is 0. The standard InChI is InChI=1S/C17H26N2O4S2/c1-4-18(5-2)25(22,23)16-8-6-15(7-9-16)17(20)19-11-13-24(21)12-10-14(19)3/h6-9,14H,4-5,10-13H2,1-3H3/t14-,24-/m1/s1. The Labute approximate surface area is 152 Å². The molecule has 1 amide bonds. The lowest BCUT2D eigenvalue weighted by Crippen LogP contribution is -2.39. The molecule has 0 radical (unpaired) electrons. The molecule has 1 heterocycles. The zero-order chi connectivity index (χ0) is 18.6. The Balaban J connectivity index is 2.21. The monoisotopic (exact) mass is 386 g/mol. The van der Waals surface area contributed by atoms with Crippen LogP contribution >= 0.6 is 0 Å². The van der Waals surface area contributed by atoms with Gasteiger partial charge in [-0.15, -0.1) is 0 Å². The molecule has 1 aromatic carbocycles. The van der Waals surface area contributed by atoms with Crippen LogP contribution in [0.3, 0.4) is 0 Å². The molecule has 2 atom stereocenters. The van der Waals surface area contributed by atoms with Crippen molar-refractivity contribution >= 4 is 26.7 Å². The second-order valence-electron chi connectivity index (χ2n) is 6.10. The van der Waals surface area contributed by atoms with Crippen LogP contribution in [0.15, 0.2) is 29.2 Å². The van der Waals surface area contributed by atoms with Gasteiger partial charge >= 0.3 is 0 Å². The molecule has 1 aliphatic heterocycles. The molecule has 0 saturated carbocycles. The third-order valence-corrected chi connectivity index (χ3v) is 7.95. The lowest BCUT2D eigenvalue weighted by Gasteiger charge is -2.27. The van der Waals surface area contributed by atoms with E-state index in [2.05, 4.69) is 0 Å². The Morgan fingerprint density at radius 3 is 2.36 bits per heavy atom. The smallest absolute Gasteiger partial charge is 0.254 e. The van der Waals surface area contributed by atoms with Crippen molar-refractivity contribution in [2.24, 2.45) is 0 Å². The van der Waals surface area contributed by atoms with E-state index in [1.165, 1.54) is 16.4 Å². The Kier molecular flexibility index (Phi) is 6.76. The number of amides is 1. The Morgan fingerprint density at radius 1 is 1.20 bits per heavy atom. The summed E-state index contributed by atoms with van der Waals surface area (Å²) < 4.78 is 38.1. The van der Waals surface area contributed by atoms with Crippen molar-refractivity contribution in [3.8, 4) is 0 Å². The van der Waals surface area contributed by atoms with E-state index in [0.717, 1.165) is 0 Å². The molecule has 2 rings (SSSR count). The van der Waals surface area contributed by atoms with E-state index < -0.39 is 20.8 Å². The highest BCUT2D eigenvalue weighted by atomic mass is 32.2. The summed E-state index contributed by atoms with van der Waals surface area (Å²) in [6.45, 7) is 6.82. The molecule has 0 unspecified atom stereocenters.